The van der Waals surface area contributed by atoms with Crippen LogP contribution in [0, 0.1) is 0 Å². The summed E-state index contributed by atoms with van der Waals surface area (Å²) >= 11 is 0. The molecule has 4 rings (SSSR count). The van der Waals surface area contributed by atoms with Gasteiger partial charge < -0.3 is 10.1 Å². The number of H-pyrrole nitrogens is 1. The van der Waals surface area contributed by atoms with Gasteiger partial charge in [-0.3, -0.25) is 5.10 Å². The highest BCUT2D eigenvalue weighted by molar-refractivity contribution is 5.76. The molecular weight excluding hydrogens is 366 g/mol. The van der Waals surface area contributed by atoms with Crippen LogP contribution in [0.15, 0.2) is 55.1 Å². The van der Waals surface area contributed by atoms with Gasteiger partial charge in [0.05, 0.1) is 18.4 Å². The Morgan fingerprint density at radius 1 is 1.21 bits per heavy atom. The molecule has 144 valence electrons. The van der Waals surface area contributed by atoms with E-state index in [9.17, 15) is 8.78 Å². The lowest BCUT2D eigenvalue weighted by Crippen LogP contribution is -2.13. The summed E-state index contributed by atoms with van der Waals surface area (Å²) in [5.41, 5.74) is 3.19. The van der Waals surface area contributed by atoms with Gasteiger partial charge in [0.1, 0.15) is 18.2 Å². The number of nitrogens with one attached hydrogen (secondary N) is 2. The first kappa shape index (κ1) is 17.9. The average Bonchev–Trinajstić information content (AvgIpc) is 3.35. The van der Waals surface area contributed by atoms with Crippen LogP contribution in [0.25, 0.3) is 16.8 Å². The summed E-state index contributed by atoms with van der Waals surface area (Å²) in [6, 6.07) is 8.72. The molecule has 0 aliphatic heterocycles. The van der Waals surface area contributed by atoms with E-state index >= 15 is 0 Å². The van der Waals surface area contributed by atoms with E-state index in [4.69, 9.17) is 4.74 Å². The minimum Gasteiger partial charge on any atom is -0.487 e. The zero-order valence-corrected chi connectivity index (χ0v) is 15.0. The number of hydrogen-bond acceptors (Lipinski definition) is 5. The molecule has 9 heteroatoms. The van der Waals surface area contributed by atoms with Crippen LogP contribution in [0.4, 0.5) is 14.6 Å². The van der Waals surface area contributed by atoms with Gasteiger partial charge in [-0.15, -0.1) is 0 Å². The lowest BCUT2D eigenvalue weighted by molar-refractivity contribution is 0.0813. The lowest BCUT2D eigenvalue weighted by Gasteiger charge is -2.19. The molecule has 0 bridgehead atoms. The molecule has 0 amide bonds. The van der Waals surface area contributed by atoms with Crippen molar-refractivity contribution < 1.29 is 13.5 Å². The molecule has 3 aromatic heterocycles. The minimum absolute atomic E-state index is 0.205. The van der Waals surface area contributed by atoms with E-state index in [1.807, 2.05) is 19.1 Å². The van der Waals surface area contributed by atoms with Gasteiger partial charge in [-0.2, -0.15) is 10.2 Å². The van der Waals surface area contributed by atoms with Gasteiger partial charge in [0.2, 0.25) is 0 Å². The Hall–Kier alpha value is -3.49. The molecule has 0 aliphatic rings. The Morgan fingerprint density at radius 3 is 2.86 bits per heavy atom. The highest BCUT2D eigenvalue weighted by Gasteiger charge is 2.15. The lowest BCUT2D eigenvalue weighted by atomic mass is 10.1. The first-order chi connectivity index (χ1) is 13.6. The fourth-order valence-electron chi connectivity index (χ4n) is 2.97. The fourth-order valence-corrected chi connectivity index (χ4v) is 2.97. The maximum Gasteiger partial charge on any atom is 0.272 e. The standard InChI is InChI=1S/C19H18F2N6O/c1-12(14-4-2-3-5-16(14)28-11-17(20)21)25-18-6-7-27-19(26-18)15(10-24-27)13-8-22-23-9-13/h2-10,12,17H,11H2,1H3,(H,22,23)(H,25,26). The number of para-hydroxylation sites is 1. The summed E-state index contributed by atoms with van der Waals surface area (Å²) < 4.78 is 31.9. The molecule has 3 heterocycles. The van der Waals surface area contributed by atoms with Crippen molar-refractivity contribution in [3.63, 3.8) is 0 Å². The molecule has 0 radical (unpaired) electrons. The normalized spacial score (nSPS) is 12.4. The molecule has 1 unspecified atom stereocenters. The second-order valence-corrected chi connectivity index (χ2v) is 6.23. The number of halogens is 2. The minimum atomic E-state index is -2.52. The Morgan fingerprint density at radius 2 is 2.07 bits per heavy atom. The summed E-state index contributed by atoms with van der Waals surface area (Å²) in [6.45, 7) is 1.28. The highest BCUT2D eigenvalue weighted by Crippen LogP contribution is 2.28. The van der Waals surface area contributed by atoms with Gasteiger partial charge in [-0.25, -0.2) is 18.3 Å². The second kappa shape index (κ2) is 7.63. The molecule has 2 N–H and O–H groups in total. The van der Waals surface area contributed by atoms with E-state index in [-0.39, 0.29) is 6.04 Å². The predicted octanol–water partition coefficient (Wildman–Crippen LogP) is 3.94. The van der Waals surface area contributed by atoms with Crippen molar-refractivity contribution in [3.8, 4) is 16.9 Å². The molecule has 0 saturated carbocycles. The number of anilines is 1. The predicted molar refractivity (Wildman–Crippen MR) is 101 cm³/mol. The molecule has 0 fully saturated rings. The van der Waals surface area contributed by atoms with Crippen molar-refractivity contribution in [1.29, 1.82) is 0 Å². The number of alkyl halides is 2. The molecule has 0 saturated heterocycles. The maximum atomic E-state index is 12.5. The molecule has 1 aromatic carbocycles. The SMILES string of the molecule is CC(Nc1ccn2ncc(-c3cn[nH]c3)c2n1)c1ccccc1OCC(F)F. The Kier molecular flexibility index (Phi) is 4.88. The molecule has 7 nitrogen and oxygen atoms in total. The Balaban J connectivity index is 1.59. The van der Waals surface area contributed by atoms with E-state index in [2.05, 4.69) is 25.6 Å². The summed E-state index contributed by atoms with van der Waals surface area (Å²) in [4.78, 5) is 4.65. The van der Waals surface area contributed by atoms with Crippen LogP contribution in [0.3, 0.4) is 0 Å². The first-order valence-electron chi connectivity index (χ1n) is 8.72. The van der Waals surface area contributed by atoms with Crippen LogP contribution in [0.1, 0.15) is 18.5 Å². The van der Waals surface area contributed by atoms with Gasteiger partial charge in [0.25, 0.3) is 6.43 Å². The largest absolute Gasteiger partial charge is 0.487 e. The molecule has 0 aliphatic carbocycles. The van der Waals surface area contributed by atoms with E-state index in [1.54, 1.807) is 47.5 Å². The maximum absolute atomic E-state index is 12.5. The van der Waals surface area contributed by atoms with Crippen LogP contribution < -0.4 is 10.1 Å². The molecule has 28 heavy (non-hydrogen) atoms. The van der Waals surface area contributed by atoms with Crippen molar-refractivity contribution in [2.75, 3.05) is 11.9 Å². The third-order valence-electron chi connectivity index (χ3n) is 4.29. The van der Waals surface area contributed by atoms with Crippen molar-refractivity contribution >= 4 is 11.5 Å². The Bertz CT molecular complexity index is 1060. The van der Waals surface area contributed by atoms with E-state index in [1.165, 1.54) is 0 Å². The number of hydrogen-bond donors (Lipinski definition) is 2. The van der Waals surface area contributed by atoms with Crippen LogP contribution in [-0.2, 0) is 0 Å². The van der Waals surface area contributed by atoms with E-state index in [0.717, 1.165) is 16.7 Å². The second-order valence-electron chi connectivity index (χ2n) is 6.23. The third kappa shape index (κ3) is 3.64. The first-order valence-corrected chi connectivity index (χ1v) is 8.72. The number of aromatic nitrogens is 5. The Labute approximate surface area is 159 Å². The summed E-state index contributed by atoms with van der Waals surface area (Å²) in [6.07, 6.45) is 4.49. The molecular formula is C19H18F2N6O. The van der Waals surface area contributed by atoms with Gasteiger partial charge in [-0.1, -0.05) is 18.2 Å². The molecule has 0 spiro atoms. The zero-order valence-electron chi connectivity index (χ0n) is 15.0. The van der Waals surface area contributed by atoms with E-state index in [0.29, 0.717) is 17.2 Å². The smallest absolute Gasteiger partial charge is 0.272 e. The number of fused-ring (bicyclic) bond motifs is 1. The number of benzene rings is 1. The summed E-state index contributed by atoms with van der Waals surface area (Å²) in [5.74, 6) is 1.06. The van der Waals surface area contributed by atoms with E-state index < -0.39 is 13.0 Å². The van der Waals surface area contributed by atoms with Crippen molar-refractivity contribution in [2.24, 2.45) is 0 Å². The monoisotopic (exact) mass is 384 g/mol. The number of aromatic amines is 1. The number of nitrogens with zero attached hydrogens (tertiary/aromatic N) is 4. The van der Waals surface area contributed by atoms with Crippen molar-refractivity contribution in [3.05, 3.63) is 60.7 Å². The molecule has 4 aromatic rings. The third-order valence-corrected chi connectivity index (χ3v) is 4.29. The number of rotatable bonds is 7. The van der Waals surface area contributed by atoms with Gasteiger partial charge in [-0.05, 0) is 19.1 Å². The quantitative estimate of drug-likeness (QED) is 0.505. The van der Waals surface area contributed by atoms with Crippen LogP contribution in [0.2, 0.25) is 0 Å². The summed E-state index contributed by atoms with van der Waals surface area (Å²) in [5, 5.41) is 14.3. The molecule has 1 atom stereocenters. The highest BCUT2D eigenvalue weighted by atomic mass is 19.3. The number of ether oxygens (including phenoxy) is 1. The van der Waals surface area contributed by atoms with Gasteiger partial charge >= 0.3 is 0 Å². The van der Waals surface area contributed by atoms with Crippen LogP contribution >= 0.6 is 0 Å². The fraction of sp³-hybridized carbons (Fsp3) is 0.211. The topological polar surface area (TPSA) is 80.1 Å². The average molecular weight is 384 g/mol. The van der Waals surface area contributed by atoms with Gasteiger partial charge in [0, 0.05) is 29.1 Å². The van der Waals surface area contributed by atoms with Crippen molar-refractivity contribution in [1.82, 2.24) is 24.8 Å². The van der Waals surface area contributed by atoms with Crippen molar-refractivity contribution in [2.45, 2.75) is 19.4 Å². The van der Waals surface area contributed by atoms with Crippen LogP contribution in [-0.4, -0.2) is 37.8 Å². The van der Waals surface area contributed by atoms with Gasteiger partial charge in [0.15, 0.2) is 5.65 Å². The van der Waals surface area contributed by atoms with Crippen LogP contribution in [0.5, 0.6) is 5.75 Å². The summed E-state index contributed by atoms with van der Waals surface area (Å²) in [7, 11) is 0. The zero-order chi connectivity index (χ0) is 19.5.